The maximum Gasteiger partial charge on any atom is 0.330 e. The number of ether oxygens (including phenoxy) is 1. The van der Waals surface area contributed by atoms with Crippen LogP contribution >= 0.6 is 0 Å². The van der Waals surface area contributed by atoms with E-state index in [0.717, 1.165) is 19.3 Å². The number of carbonyl (C=O) groups excluding carboxylic acids is 1. The van der Waals surface area contributed by atoms with Gasteiger partial charge in [0.15, 0.2) is 0 Å². The van der Waals surface area contributed by atoms with Gasteiger partial charge in [-0.05, 0) is 56.9 Å². The Hall–Kier alpha value is -1.13. The number of aliphatic hydroxyl groups excluding tert-OH is 2. The van der Waals surface area contributed by atoms with Gasteiger partial charge in [0, 0.05) is 6.08 Å². The largest absolute Gasteiger partial charge is 0.460 e. The number of rotatable bonds is 0. The molecule has 0 aromatic carbocycles. The summed E-state index contributed by atoms with van der Waals surface area (Å²) in [5.41, 5.74) is 0. The number of aliphatic hydroxyl groups is 2. The minimum absolute atomic E-state index is 0.0246. The molecule has 0 aromatic heterocycles. The highest BCUT2D eigenvalue weighted by Gasteiger charge is 2.35. The van der Waals surface area contributed by atoms with Crippen molar-refractivity contribution in [3.8, 4) is 0 Å². The van der Waals surface area contributed by atoms with Gasteiger partial charge in [-0.3, -0.25) is 0 Å². The molecule has 0 spiro atoms. The smallest absolute Gasteiger partial charge is 0.330 e. The van der Waals surface area contributed by atoms with Crippen molar-refractivity contribution in [1.82, 2.24) is 0 Å². The van der Waals surface area contributed by atoms with Crippen molar-refractivity contribution in [2.45, 2.75) is 57.3 Å². The van der Waals surface area contributed by atoms with Crippen LogP contribution in [0, 0.1) is 11.8 Å². The van der Waals surface area contributed by atoms with Crippen molar-refractivity contribution in [1.29, 1.82) is 0 Å². The van der Waals surface area contributed by atoms with Gasteiger partial charge in [0.05, 0.1) is 18.3 Å². The minimum atomic E-state index is -0.717. The molecule has 1 aliphatic carbocycles. The highest BCUT2D eigenvalue weighted by molar-refractivity contribution is 5.82. The molecule has 0 aromatic rings. The Kier molecular flexibility index (Phi) is 5.38. The van der Waals surface area contributed by atoms with Gasteiger partial charge in [-0.15, -0.1) is 0 Å². The zero-order valence-corrected chi connectivity index (χ0v) is 11.9. The fourth-order valence-corrected chi connectivity index (χ4v) is 3.10. The third kappa shape index (κ3) is 4.18. The second-order valence-corrected chi connectivity index (χ2v) is 5.91. The van der Waals surface area contributed by atoms with E-state index < -0.39 is 12.1 Å². The van der Waals surface area contributed by atoms with E-state index in [-0.39, 0.29) is 24.0 Å². The van der Waals surface area contributed by atoms with Crippen LogP contribution in [0.3, 0.4) is 0 Å². The molecule has 1 saturated carbocycles. The van der Waals surface area contributed by atoms with E-state index in [2.05, 4.69) is 12.2 Å². The Morgan fingerprint density at radius 1 is 1.25 bits per heavy atom. The standard InChI is InChI=1S/C16H24O4/c1-11-5-3-2-4-6-12-9-13(17)10-14(12)15(18)7-8-16(19)20-11/h4,6-8,11-15,17-18H,2-3,5,9-10H2,1H3/b6-4+,8-7+/t11-,12+,13?,14?,15?/m0/s1. The highest BCUT2D eigenvalue weighted by Crippen LogP contribution is 2.36. The predicted molar refractivity (Wildman–Crippen MR) is 75.9 cm³/mol. The summed E-state index contributed by atoms with van der Waals surface area (Å²) in [6.45, 7) is 1.89. The first-order valence-corrected chi connectivity index (χ1v) is 7.48. The molecule has 1 heterocycles. The van der Waals surface area contributed by atoms with Crippen LogP contribution in [-0.2, 0) is 9.53 Å². The molecule has 0 radical (unpaired) electrons. The summed E-state index contributed by atoms with van der Waals surface area (Å²) in [6.07, 6.45) is 9.87. The van der Waals surface area contributed by atoms with E-state index in [4.69, 9.17) is 4.74 Å². The normalized spacial score (nSPS) is 42.5. The topological polar surface area (TPSA) is 66.8 Å². The van der Waals surface area contributed by atoms with Gasteiger partial charge >= 0.3 is 5.97 Å². The monoisotopic (exact) mass is 280 g/mol. The lowest BCUT2D eigenvalue weighted by Gasteiger charge is -2.19. The molecule has 2 aliphatic rings. The molecule has 2 rings (SSSR count). The summed E-state index contributed by atoms with van der Waals surface area (Å²) in [5, 5.41) is 20.0. The van der Waals surface area contributed by atoms with Gasteiger partial charge in [0.2, 0.25) is 0 Å². The summed E-state index contributed by atoms with van der Waals surface area (Å²) in [7, 11) is 0. The van der Waals surface area contributed by atoms with E-state index in [9.17, 15) is 15.0 Å². The van der Waals surface area contributed by atoms with Crippen molar-refractivity contribution in [2.24, 2.45) is 11.8 Å². The molecular weight excluding hydrogens is 256 g/mol. The van der Waals surface area contributed by atoms with Gasteiger partial charge in [0.1, 0.15) is 0 Å². The van der Waals surface area contributed by atoms with Gasteiger partial charge in [-0.25, -0.2) is 4.79 Å². The number of allylic oxidation sites excluding steroid dienone is 2. The van der Waals surface area contributed by atoms with Crippen LogP contribution in [0.4, 0.5) is 0 Å². The van der Waals surface area contributed by atoms with Crippen molar-refractivity contribution < 1.29 is 19.7 Å². The van der Waals surface area contributed by atoms with Gasteiger partial charge in [-0.1, -0.05) is 12.2 Å². The van der Waals surface area contributed by atoms with Crippen LogP contribution in [0.5, 0.6) is 0 Å². The van der Waals surface area contributed by atoms with Crippen LogP contribution in [0.15, 0.2) is 24.3 Å². The Morgan fingerprint density at radius 2 is 2.05 bits per heavy atom. The number of fused-ring (bicyclic) bond motifs is 1. The Balaban J connectivity index is 2.11. The molecule has 0 saturated heterocycles. The van der Waals surface area contributed by atoms with Crippen LogP contribution in [0.1, 0.15) is 39.0 Å². The van der Waals surface area contributed by atoms with E-state index in [1.54, 1.807) is 0 Å². The highest BCUT2D eigenvalue weighted by atomic mass is 16.5. The first-order valence-electron chi connectivity index (χ1n) is 7.48. The molecule has 1 fully saturated rings. The number of carbonyl (C=O) groups is 1. The third-order valence-corrected chi connectivity index (χ3v) is 4.19. The summed E-state index contributed by atoms with van der Waals surface area (Å²) < 4.78 is 5.23. The van der Waals surface area contributed by atoms with Crippen molar-refractivity contribution in [3.05, 3.63) is 24.3 Å². The first-order chi connectivity index (χ1) is 9.56. The Bertz CT molecular complexity index is 388. The summed E-state index contributed by atoms with van der Waals surface area (Å²) >= 11 is 0. The molecule has 20 heavy (non-hydrogen) atoms. The Labute approximate surface area is 120 Å². The minimum Gasteiger partial charge on any atom is -0.460 e. The molecule has 0 amide bonds. The van der Waals surface area contributed by atoms with Gasteiger partial charge < -0.3 is 14.9 Å². The van der Waals surface area contributed by atoms with Crippen molar-refractivity contribution >= 4 is 5.97 Å². The summed E-state index contributed by atoms with van der Waals surface area (Å²) in [4.78, 5) is 11.6. The van der Waals surface area contributed by atoms with Crippen LogP contribution in [-0.4, -0.2) is 34.5 Å². The molecule has 112 valence electrons. The molecule has 4 nitrogen and oxygen atoms in total. The van der Waals surface area contributed by atoms with Crippen LogP contribution in [0.25, 0.3) is 0 Å². The average Bonchev–Trinajstić information content (AvgIpc) is 2.76. The zero-order chi connectivity index (χ0) is 14.5. The number of cyclic esters (lactones) is 1. The lowest BCUT2D eigenvalue weighted by molar-refractivity contribution is -0.142. The summed E-state index contributed by atoms with van der Waals surface area (Å²) in [5.74, 6) is -0.249. The fraction of sp³-hybridized carbons (Fsp3) is 0.688. The van der Waals surface area contributed by atoms with E-state index in [1.165, 1.54) is 12.2 Å². The zero-order valence-electron chi connectivity index (χ0n) is 11.9. The van der Waals surface area contributed by atoms with Crippen LogP contribution in [0.2, 0.25) is 0 Å². The van der Waals surface area contributed by atoms with E-state index in [1.807, 2.05) is 6.92 Å². The maximum absolute atomic E-state index is 11.6. The molecule has 2 N–H and O–H groups in total. The molecule has 4 heteroatoms. The van der Waals surface area contributed by atoms with E-state index in [0.29, 0.717) is 12.8 Å². The first kappa shape index (κ1) is 15.3. The van der Waals surface area contributed by atoms with Crippen molar-refractivity contribution in [2.75, 3.05) is 0 Å². The van der Waals surface area contributed by atoms with E-state index >= 15 is 0 Å². The van der Waals surface area contributed by atoms with Crippen LogP contribution < -0.4 is 0 Å². The number of hydrogen-bond acceptors (Lipinski definition) is 4. The molecule has 5 atom stereocenters. The second kappa shape index (κ2) is 7.04. The fourth-order valence-electron chi connectivity index (χ4n) is 3.10. The quantitative estimate of drug-likeness (QED) is 0.526. The SMILES string of the molecule is C[C@H]1CCC/C=C/[C@@H]2CC(O)CC2C(O)/C=C/C(=O)O1. The van der Waals surface area contributed by atoms with Gasteiger partial charge in [0.25, 0.3) is 0 Å². The molecule has 1 aliphatic heterocycles. The third-order valence-electron chi connectivity index (χ3n) is 4.19. The number of esters is 1. The van der Waals surface area contributed by atoms with Gasteiger partial charge in [-0.2, -0.15) is 0 Å². The molecule has 0 bridgehead atoms. The average molecular weight is 280 g/mol. The number of hydrogen-bond donors (Lipinski definition) is 2. The second-order valence-electron chi connectivity index (χ2n) is 5.91. The van der Waals surface area contributed by atoms with Crippen molar-refractivity contribution in [3.63, 3.8) is 0 Å². The molecular formula is C16H24O4. The lowest BCUT2D eigenvalue weighted by atomic mass is 9.90. The summed E-state index contributed by atoms with van der Waals surface area (Å²) in [6, 6.07) is 0. The lowest BCUT2D eigenvalue weighted by Crippen LogP contribution is -2.21. The molecule has 3 unspecified atom stereocenters. The Morgan fingerprint density at radius 3 is 2.85 bits per heavy atom. The maximum atomic E-state index is 11.6. The predicted octanol–water partition coefficient (Wildman–Crippen LogP) is 1.96.